The summed E-state index contributed by atoms with van der Waals surface area (Å²) in [6.45, 7) is -12.7. The average Bonchev–Trinajstić information content (AvgIpc) is 2.44. The zero-order valence-corrected chi connectivity index (χ0v) is 6.52. The van der Waals surface area contributed by atoms with Gasteiger partial charge in [-0.05, 0) is 18.1 Å². The van der Waals surface area contributed by atoms with E-state index in [4.69, 9.17) is 22.2 Å². The van der Waals surface area contributed by atoms with E-state index in [0.29, 0.717) is 0 Å². The van der Waals surface area contributed by atoms with Gasteiger partial charge in [0.2, 0.25) is 0 Å². The number of hydrogen-bond acceptors (Lipinski definition) is 3. The molecule has 70 valence electrons. The van der Waals surface area contributed by atoms with Crippen LogP contribution in [0.3, 0.4) is 0 Å². The minimum Gasteiger partial charge on any atom is -0.399 e. The Morgan fingerprint density at radius 3 is 3.00 bits per heavy atom. The van der Waals surface area contributed by atoms with Crippen molar-refractivity contribution >= 4 is 11.4 Å². The van der Waals surface area contributed by atoms with Gasteiger partial charge in [0.1, 0.15) is 0 Å². The number of rotatable bonds is 1. The van der Waals surface area contributed by atoms with Crippen molar-refractivity contribution in [1.29, 1.82) is 0 Å². The van der Waals surface area contributed by atoms with Crippen LogP contribution in [0.15, 0.2) is 24.2 Å². The maximum Gasteiger partial charge on any atom is 0.0667 e. The highest BCUT2D eigenvalue weighted by Crippen LogP contribution is 2.17. The standard InChI is InChI=1S/C10H15N3/c11-9-2-1-3-10(8-9)13-6-4-12-5-7-13/h1-3,8,12H,4-7,11H2/i1D,2D,3D,4D2,5D2,6D2,7D2,8D. The maximum absolute atomic E-state index is 7.98. The number of nitrogens with one attached hydrogen (secondary N) is 1. The molecule has 0 amide bonds. The lowest BCUT2D eigenvalue weighted by Gasteiger charge is -2.29. The molecule has 0 unspecified atom stereocenters. The Labute approximate surface area is 95.4 Å². The summed E-state index contributed by atoms with van der Waals surface area (Å²) >= 11 is 0. The predicted octanol–water partition coefficient (Wildman–Crippen LogP) is 0.678. The van der Waals surface area contributed by atoms with Gasteiger partial charge in [-0.3, -0.25) is 0 Å². The molecule has 13 heavy (non-hydrogen) atoms. The van der Waals surface area contributed by atoms with Crippen molar-refractivity contribution in [2.75, 3.05) is 36.6 Å². The van der Waals surface area contributed by atoms with Crippen LogP contribution in [0.2, 0.25) is 0 Å². The van der Waals surface area contributed by atoms with Crippen molar-refractivity contribution in [3.63, 3.8) is 0 Å². The molecule has 0 aliphatic carbocycles. The summed E-state index contributed by atoms with van der Waals surface area (Å²) < 4.78 is 93.9. The van der Waals surface area contributed by atoms with Crippen LogP contribution in [0.1, 0.15) is 16.4 Å². The molecule has 3 nitrogen and oxygen atoms in total. The van der Waals surface area contributed by atoms with Crippen LogP contribution in [0.25, 0.3) is 0 Å². The molecule has 1 aliphatic rings. The first-order valence-electron chi connectivity index (χ1n) is 9.46. The highest BCUT2D eigenvalue weighted by atomic mass is 15.2. The third-order valence-corrected chi connectivity index (χ3v) is 1.32. The molecular weight excluding hydrogens is 162 g/mol. The molecule has 0 aromatic heterocycles. The Morgan fingerprint density at radius 1 is 1.46 bits per heavy atom. The Bertz CT molecular complexity index is 675. The fraction of sp³-hybridized carbons (Fsp3) is 0.400. The second-order valence-electron chi connectivity index (χ2n) is 2.20. The molecule has 0 radical (unpaired) electrons. The molecule has 1 fully saturated rings. The summed E-state index contributed by atoms with van der Waals surface area (Å²) in [5.74, 6) is 0. The topological polar surface area (TPSA) is 41.3 Å². The van der Waals surface area contributed by atoms with Crippen LogP contribution >= 0.6 is 0 Å². The molecule has 1 aliphatic heterocycles. The van der Waals surface area contributed by atoms with Gasteiger partial charge in [0.05, 0.1) is 11.0 Å². The number of nitrogens with zero attached hydrogens (tertiary/aromatic N) is 1. The van der Waals surface area contributed by atoms with E-state index in [1.165, 1.54) is 0 Å². The van der Waals surface area contributed by atoms with Gasteiger partial charge in [-0.1, -0.05) is 6.04 Å². The van der Waals surface area contributed by atoms with Crippen molar-refractivity contribution in [3.8, 4) is 0 Å². The summed E-state index contributed by atoms with van der Waals surface area (Å²) in [4.78, 5) is -0.0188. The molecule has 0 atom stereocenters. The Balaban J connectivity index is 2.92. The number of benzene rings is 1. The second-order valence-corrected chi connectivity index (χ2v) is 2.20. The van der Waals surface area contributed by atoms with Crippen molar-refractivity contribution in [1.82, 2.24) is 5.32 Å². The third kappa shape index (κ3) is 1.92. The normalized spacial score (nSPS) is 46.3. The minimum absolute atomic E-state index is 0.0188. The molecule has 1 aromatic rings. The van der Waals surface area contributed by atoms with E-state index in [-0.39, 0.29) is 4.90 Å². The van der Waals surface area contributed by atoms with Gasteiger partial charge >= 0.3 is 0 Å². The molecule has 3 N–H and O–H groups in total. The third-order valence-electron chi connectivity index (χ3n) is 1.32. The average molecular weight is 189 g/mol. The lowest BCUT2D eigenvalue weighted by Crippen LogP contribution is -2.43. The van der Waals surface area contributed by atoms with Crippen LogP contribution in [-0.2, 0) is 0 Å². The molecule has 0 bridgehead atoms. The van der Waals surface area contributed by atoms with E-state index in [1.54, 1.807) is 5.32 Å². The highest BCUT2D eigenvalue weighted by Gasteiger charge is 2.09. The molecular formula is C10H15N3. The van der Waals surface area contributed by atoms with Crippen molar-refractivity contribution in [3.05, 3.63) is 24.2 Å². The van der Waals surface area contributed by atoms with Crippen molar-refractivity contribution < 1.29 is 16.4 Å². The zero-order chi connectivity index (χ0) is 19.7. The van der Waals surface area contributed by atoms with Gasteiger partial charge in [0.15, 0.2) is 0 Å². The summed E-state index contributed by atoms with van der Waals surface area (Å²) in [6, 6.07) is -3.27. The van der Waals surface area contributed by atoms with Crippen LogP contribution in [0.4, 0.5) is 11.4 Å². The number of piperazine rings is 1. The van der Waals surface area contributed by atoms with E-state index in [9.17, 15) is 0 Å². The van der Waals surface area contributed by atoms with Crippen molar-refractivity contribution in [2.45, 2.75) is 0 Å². The SMILES string of the molecule is [2H]c1c([2H])c(N)c([2H])c(N2C([2H])([2H])C([2H])([2H])NC([2H])([2H])C2([2H])[2H])c1[2H]. The Hall–Kier alpha value is -1.22. The van der Waals surface area contributed by atoms with Crippen LogP contribution < -0.4 is 16.0 Å². The highest BCUT2D eigenvalue weighted by molar-refractivity contribution is 5.56. The van der Waals surface area contributed by atoms with Crippen LogP contribution in [-0.4, -0.2) is 26.0 Å². The first-order chi connectivity index (χ1) is 11.0. The van der Waals surface area contributed by atoms with Gasteiger partial charge in [-0.25, -0.2) is 0 Å². The zero-order valence-electron chi connectivity index (χ0n) is 18.5. The Morgan fingerprint density at radius 2 is 2.23 bits per heavy atom. The predicted molar refractivity (Wildman–Crippen MR) is 55.9 cm³/mol. The molecule has 2 rings (SSSR count). The first kappa shape index (κ1) is 2.23. The van der Waals surface area contributed by atoms with E-state index >= 15 is 0 Å². The van der Waals surface area contributed by atoms with E-state index in [1.807, 2.05) is 0 Å². The summed E-state index contributed by atoms with van der Waals surface area (Å²) in [7, 11) is 0. The summed E-state index contributed by atoms with van der Waals surface area (Å²) in [6.07, 6.45) is 0. The van der Waals surface area contributed by atoms with Gasteiger partial charge < -0.3 is 16.0 Å². The van der Waals surface area contributed by atoms with Gasteiger partial charge in [-0.15, -0.1) is 0 Å². The van der Waals surface area contributed by atoms with E-state index in [0.717, 1.165) is 0 Å². The second kappa shape index (κ2) is 3.66. The number of nitrogen functional groups attached to an aromatic ring is 1. The fourth-order valence-corrected chi connectivity index (χ4v) is 0.798. The quantitative estimate of drug-likeness (QED) is 0.638. The molecule has 0 saturated carbocycles. The van der Waals surface area contributed by atoms with Gasteiger partial charge in [-0.2, -0.15) is 0 Å². The lowest BCUT2D eigenvalue weighted by atomic mass is 10.2. The van der Waals surface area contributed by atoms with Crippen LogP contribution in [0.5, 0.6) is 0 Å². The van der Waals surface area contributed by atoms with E-state index in [2.05, 4.69) is 0 Å². The van der Waals surface area contributed by atoms with E-state index < -0.39 is 61.5 Å². The van der Waals surface area contributed by atoms with Gasteiger partial charge in [0, 0.05) is 42.8 Å². The largest absolute Gasteiger partial charge is 0.399 e. The fourth-order valence-electron chi connectivity index (χ4n) is 0.798. The smallest absolute Gasteiger partial charge is 0.0667 e. The molecule has 0 spiro atoms. The Kier molecular flexibility index (Phi) is 0.628. The first-order valence-corrected chi connectivity index (χ1v) is 3.46. The van der Waals surface area contributed by atoms with Crippen molar-refractivity contribution in [2.24, 2.45) is 0 Å². The number of anilines is 2. The molecule has 1 saturated heterocycles. The number of hydrogen-bond donors (Lipinski definition) is 2. The molecule has 1 aromatic carbocycles. The molecule has 3 heteroatoms. The minimum atomic E-state index is -3.25. The lowest BCUT2D eigenvalue weighted by molar-refractivity contribution is 0.589. The number of nitrogens with two attached hydrogens (primary N) is 1. The van der Waals surface area contributed by atoms with Crippen LogP contribution in [0, 0.1) is 0 Å². The summed E-state index contributed by atoms with van der Waals surface area (Å²) in [5.41, 5.74) is 4.00. The van der Waals surface area contributed by atoms with Gasteiger partial charge in [0.25, 0.3) is 0 Å². The molecule has 1 heterocycles. The monoisotopic (exact) mass is 189 g/mol. The summed E-state index contributed by atoms with van der Waals surface area (Å²) in [5, 5.41) is 1.63. The maximum atomic E-state index is 7.98.